The van der Waals surface area contributed by atoms with Gasteiger partial charge in [-0.3, -0.25) is 4.79 Å². The third-order valence-corrected chi connectivity index (χ3v) is 4.53. The largest absolute Gasteiger partial charge is 0.508 e. The minimum atomic E-state index is -0.465. The molecule has 0 saturated carbocycles. The van der Waals surface area contributed by atoms with Gasteiger partial charge in [-0.1, -0.05) is 50.4 Å². The molecule has 0 amide bonds. The van der Waals surface area contributed by atoms with Crippen LogP contribution in [-0.2, 0) is 14.3 Å². The van der Waals surface area contributed by atoms with E-state index in [1.54, 1.807) is 24.3 Å². The zero-order chi connectivity index (χ0) is 21.6. The van der Waals surface area contributed by atoms with Crippen molar-refractivity contribution in [3.8, 4) is 5.75 Å². The number of esters is 1. The van der Waals surface area contributed by atoms with E-state index in [0.717, 1.165) is 43.4 Å². The molecule has 0 aromatic heterocycles. The minimum absolute atomic E-state index is 0.0986. The molecule has 1 heterocycles. The number of benzene rings is 1. The van der Waals surface area contributed by atoms with Crippen molar-refractivity contribution in [2.75, 3.05) is 6.61 Å². The van der Waals surface area contributed by atoms with E-state index in [9.17, 15) is 4.79 Å². The molecule has 0 aliphatic carbocycles. The summed E-state index contributed by atoms with van der Waals surface area (Å²) in [7, 11) is 0. The van der Waals surface area contributed by atoms with E-state index in [1.807, 2.05) is 25.1 Å². The Kier molecular flexibility index (Phi) is 11.7. The van der Waals surface area contributed by atoms with E-state index < -0.39 is 6.04 Å². The number of carbonyl (C=O) groups is 1. The van der Waals surface area contributed by atoms with Crippen molar-refractivity contribution in [1.82, 2.24) is 0 Å². The standard InChI is InChI=1S/C12H23NO3.C12H12O/c1-3-7-15-10-5-4-6-11(13)12(14)16-9(2)8-10;1-3-5-10(4-2)11-6-8-12(13)9-7-11/h9-11H,3-8,13H2,1-2H3;3-9,13H,1-2H2/b;10-5+/t9?,10?,11-;/m0./s1. The number of ether oxygens (including phenoxy) is 2. The zero-order valence-electron chi connectivity index (χ0n) is 17.7. The van der Waals surface area contributed by atoms with Crippen molar-refractivity contribution in [3.63, 3.8) is 0 Å². The van der Waals surface area contributed by atoms with Gasteiger partial charge in [0.1, 0.15) is 17.9 Å². The number of allylic oxidation sites excluding steroid dienone is 4. The van der Waals surface area contributed by atoms with Gasteiger partial charge in [-0.15, -0.1) is 0 Å². The summed E-state index contributed by atoms with van der Waals surface area (Å²) in [5.74, 6) is -0.00518. The fourth-order valence-corrected chi connectivity index (χ4v) is 3.00. The van der Waals surface area contributed by atoms with E-state index in [4.69, 9.17) is 20.3 Å². The average molecular weight is 402 g/mol. The normalized spacial score (nSPS) is 22.8. The fourth-order valence-electron chi connectivity index (χ4n) is 3.00. The molecule has 1 aliphatic heterocycles. The average Bonchev–Trinajstić information content (AvgIpc) is 2.76. The van der Waals surface area contributed by atoms with Gasteiger partial charge in [0.2, 0.25) is 0 Å². The molecular formula is C24H35NO4. The molecule has 2 unspecified atom stereocenters. The summed E-state index contributed by atoms with van der Waals surface area (Å²) < 4.78 is 11.0. The third-order valence-electron chi connectivity index (χ3n) is 4.53. The highest BCUT2D eigenvalue weighted by Crippen LogP contribution is 2.19. The highest BCUT2D eigenvalue weighted by atomic mass is 16.5. The van der Waals surface area contributed by atoms with Gasteiger partial charge in [-0.2, -0.15) is 0 Å². The molecule has 1 saturated heterocycles. The molecular weight excluding hydrogens is 366 g/mol. The highest BCUT2D eigenvalue weighted by Gasteiger charge is 2.23. The number of hydrogen-bond acceptors (Lipinski definition) is 5. The van der Waals surface area contributed by atoms with Gasteiger partial charge in [0.15, 0.2) is 0 Å². The van der Waals surface area contributed by atoms with Crippen molar-refractivity contribution in [2.24, 2.45) is 5.73 Å². The quantitative estimate of drug-likeness (QED) is 0.530. The number of phenolic OH excluding ortho intramolecular Hbond substituents is 1. The van der Waals surface area contributed by atoms with Crippen molar-refractivity contribution in [3.05, 3.63) is 61.2 Å². The Labute approximate surface area is 174 Å². The van der Waals surface area contributed by atoms with Crippen LogP contribution >= 0.6 is 0 Å². The summed E-state index contributed by atoms with van der Waals surface area (Å²) in [5.41, 5.74) is 7.73. The predicted octanol–water partition coefficient (Wildman–Crippen LogP) is 4.76. The van der Waals surface area contributed by atoms with Crippen LogP contribution in [0.5, 0.6) is 5.75 Å². The molecule has 160 valence electrons. The van der Waals surface area contributed by atoms with Crippen LogP contribution in [0.15, 0.2) is 55.7 Å². The zero-order valence-corrected chi connectivity index (χ0v) is 17.7. The number of phenols is 1. The molecule has 0 radical (unpaired) electrons. The number of hydrogen-bond donors (Lipinski definition) is 2. The van der Waals surface area contributed by atoms with Gasteiger partial charge in [0.05, 0.1) is 6.10 Å². The molecule has 1 aromatic carbocycles. The van der Waals surface area contributed by atoms with Gasteiger partial charge in [-0.05, 0) is 55.9 Å². The van der Waals surface area contributed by atoms with E-state index in [1.165, 1.54) is 0 Å². The number of aromatic hydroxyl groups is 1. The monoisotopic (exact) mass is 401 g/mol. The Bertz CT molecular complexity index is 666. The van der Waals surface area contributed by atoms with E-state index in [2.05, 4.69) is 20.1 Å². The fraction of sp³-hybridized carbons (Fsp3) is 0.458. The van der Waals surface area contributed by atoms with Crippen LogP contribution in [0.2, 0.25) is 0 Å². The second-order valence-corrected chi connectivity index (χ2v) is 7.12. The molecule has 0 bridgehead atoms. The first-order valence-electron chi connectivity index (χ1n) is 10.2. The molecule has 0 spiro atoms. The second kappa shape index (κ2) is 13.7. The Morgan fingerprint density at radius 1 is 1.31 bits per heavy atom. The third kappa shape index (κ3) is 9.59. The van der Waals surface area contributed by atoms with Gasteiger partial charge in [-0.25, -0.2) is 0 Å². The van der Waals surface area contributed by atoms with E-state index >= 15 is 0 Å². The summed E-state index contributed by atoms with van der Waals surface area (Å²) >= 11 is 0. The molecule has 5 nitrogen and oxygen atoms in total. The SMILES string of the molecule is C=C/C=C(\C=C)c1ccc(O)cc1.CCCOC1CCC[C@H](N)C(=O)OC(C)C1. The molecule has 3 atom stereocenters. The van der Waals surface area contributed by atoms with Gasteiger partial charge >= 0.3 is 5.97 Å². The van der Waals surface area contributed by atoms with Gasteiger partial charge in [0.25, 0.3) is 0 Å². The van der Waals surface area contributed by atoms with Crippen molar-refractivity contribution in [1.29, 1.82) is 0 Å². The Hall–Kier alpha value is -2.37. The molecule has 1 aliphatic rings. The number of rotatable bonds is 6. The lowest BCUT2D eigenvalue weighted by Crippen LogP contribution is -2.33. The topological polar surface area (TPSA) is 81.8 Å². The number of cyclic esters (lactones) is 1. The second-order valence-electron chi connectivity index (χ2n) is 7.12. The van der Waals surface area contributed by atoms with Gasteiger partial charge < -0.3 is 20.3 Å². The molecule has 29 heavy (non-hydrogen) atoms. The van der Waals surface area contributed by atoms with Crippen molar-refractivity contribution in [2.45, 2.75) is 64.2 Å². The lowest BCUT2D eigenvalue weighted by atomic mass is 10.0. The maximum absolute atomic E-state index is 11.5. The first kappa shape index (κ1) is 24.7. The predicted molar refractivity (Wildman–Crippen MR) is 119 cm³/mol. The summed E-state index contributed by atoms with van der Waals surface area (Å²) in [6, 6.07) is 6.51. The van der Waals surface area contributed by atoms with E-state index in [-0.39, 0.29) is 23.9 Å². The minimum Gasteiger partial charge on any atom is -0.508 e. The highest BCUT2D eigenvalue weighted by molar-refractivity contribution is 5.75. The van der Waals surface area contributed by atoms with Crippen LogP contribution < -0.4 is 5.73 Å². The smallest absolute Gasteiger partial charge is 0.323 e. The first-order valence-corrected chi connectivity index (χ1v) is 10.2. The van der Waals surface area contributed by atoms with Crippen LogP contribution in [0.1, 0.15) is 51.5 Å². The summed E-state index contributed by atoms with van der Waals surface area (Å²) in [5, 5.41) is 9.08. The number of carbonyl (C=O) groups excluding carboxylic acids is 1. The molecule has 2 rings (SSSR count). The summed E-state index contributed by atoms with van der Waals surface area (Å²) in [6.45, 7) is 12.1. The van der Waals surface area contributed by atoms with E-state index in [0.29, 0.717) is 6.42 Å². The van der Waals surface area contributed by atoms with Crippen LogP contribution in [0.3, 0.4) is 0 Å². The lowest BCUT2D eigenvalue weighted by molar-refractivity contribution is -0.151. The van der Waals surface area contributed by atoms with Gasteiger partial charge in [0, 0.05) is 13.0 Å². The maximum atomic E-state index is 11.5. The number of nitrogens with two attached hydrogens (primary N) is 1. The molecule has 1 fully saturated rings. The maximum Gasteiger partial charge on any atom is 0.323 e. The Morgan fingerprint density at radius 3 is 2.59 bits per heavy atom. The lowest BCUT2D eigenvalue weighted by Gasteiger charge is -2.20. The molecule has 5 heteroatoms. The van der Waals surface area contributed by atoms with Crippen LogP contribution in [-0.4, -0.2) is 35.9 Å². The van der Waals surface area contributed by atoms with Crippen LogP contribution in [0.25, 0.3) is 5.57 Å². The van der Waals surface area contributed by atoms with Crippen molar-refractivity contribution < 1.29 is 19.4 Å². The van der Waals surface area contributed by atoms with Crippen LogP contribution in [0.4, 0.5) is 0 Å². The Balaban J connectivity index is 0.000000296. The Morgan fingerprint density at radius 2 is 2.00 bits per heavy atom. The molecule has 3 N–H and O–H groups in total. The van der Waals surface area contributed by atoms with Crippen LogP contribution in [0, 0.1) is 0 Å². The summed E-state index contributed by atoms with van der Waals surface area (Å²) in [6.07, 6.45) is 9.83. The molecule has 1 aromatic rings. The summed E-state index contributed by atoms with van der Waals surface area (Å²) in [4.78, 5) is 11.5. The first-order chi connectivity index (χ1) is 13.9. The van der Waals surface area contributed by atoms with Crippen molar-refractivity contribution >= 4 is 11.5 Å².